The zero-order valence-corrected chi connectivity index (χ0v) is 18.5. The number of rotatable bonds is 3. The second kappa shape index (κ2) is 8.15. The molecule has 0 bridgehead atoms. The minimum absolute atomic E-state index is 0.0798. The summed E-state index contributed by atoms with van der Waals surface area (Å²) in [6.07, 6.45) is 0. The lowest BCUT2D eigenvalue weighted by Crippen LogP contribution is -2.51. The fourth-order valence-corrected chi connectivity index (χ4v) is 5.92. The molecule has 0 radical (unpaired) electrons. The Morgan fingerprint density at radius 2 is 1.78 bits per heavy atom. The van der Waals surface area contributed by atoms with Crippen LogP contribution in [0.5, 0.6) is 0 Å². The Morgan fingerprint density at radius 3 is 2.59 bits per heavy atom. The van der Waals surface area contributed by atoms with Gasteiger partial charge in [-0.3, -0.25) is 9.69 Å². The van der Waals surface area contributed by atoms with Crippen LogP contribution in [0.3, 0.4) is 0 Å². The number of thioether (sulfide) groups is 1. The number of anilines is 2. The standard InChI is InChI=1S/C24H19ClFN3O2S/c25-18-9-3-1-7-16(18)15-28-21-12-6-2-8-17(21)24(22(28)30)29(13-14-32-24)23(31)27-20-11-5-4-10-19(20)26/h1-12H,13-15H2,(H,27,31)/t24-/m0/s1. The average Bonchev–Trinajstić information content (AvgIpc) is 3.34. The number of fused-ring (bicyclic) bond motifs is 2. The highest BCUT2D eigenvalue weighted by Gasteiger charge is 2.59. The van der Waals surface area contributed by atoms with Crippen molar-refractivity contribution in [3.8, 4) is 0 Å². The smallest absolute Gasteiger partial charge is 0.305 e. The molecule has 162 valence electrons. The molecule has 3 aromatic carbocycles. The highest BCUT2D eigenvalue weighted by Crippen LogP contribution is 2.54. The summed E-state index contributed by atoms with van der Waals surface area (Å²) < 4.78 is 14.1. The molecule has 3 amide bonds. The minimum Gasteiger partial charge on any atom is -0.305 e. The Kier molecular flexibility index (Phi) is 5.31. The van der Waals surface area contributed by atoms with E-state index in [0.717, 1.165) is 16.8 Å². The second-order valence-corrected chi connectivity index (χ2v) is 9.25. The van der Waals surface area contributed by atoms with Gasteiger partial charge in [0.1, 0.15) is 5.82 Å². The number of urea groups is 1. The number of carbonyl (C=O) groups is 2. The van der Waals surface area contributed by atoms with Gasteiger partial charge in [0.15, 0.2) is 4.87 Å². The molecule has 1 N–H and O–H groups in total. The zero-order chi connectivity index (χ0) is 22.3. The number of nitrogens with zero attached hydrogens (tertiary/aromatic N) is 2. The first-order chi connectivity index (χ1) is 15.5. The summed E-state index contributed by atoms with van der Waals surface area (Å²) in [6.45, 7) is 0.658. The maximum atomic E-state index is 14.1. The van der Waals surface area contributed by atoms with Crippen molar-refractivity contribution in [2.24, 2.45) is 0 Å². The highest BCUT2D eigenvalue weighted by atomic mass is 35.5. The fourth-order valence-electron chi connectivity index (χ4n) is 4.27. The van der Waals surface area contributed by atoms with Crippen molar-refractivity contribution in [2.75, 3.05) is 22.5 Å². The summed E-state index contributed by atoms with van der Waals surface area (Å²) >= 11 is 7.78. The Morgan fingerprint density at radius 1 is 1.06 bits per heavy atom. The molecule has 1 saturated heterocycles. The number of amides is 3. The number of benzene rings is 3. The largest absolute Gasteiger partial charge is 0.323 e. The lowest BCUT2D eigenvalue weighted by Gasteiger charge is -2.33. The fraction of sp³-hybridized carbons (Fsp3) is 0.167. The predicted molar refractivity (Wildman–Crippen MR) is 125 cm³/mol. The lowest BCUT2D eigenvalue weighted by atomic mass is 10.1. The maximum absolute atomic E-state index is 14.1. The minimum atomic E-state index is -1.20. The van der Waals surface area contributed by atoms with Gasteiger partial charge in [-0.05, 0) is 29.8 Å². The molecule has 1 atom stereocenters. The van der Waals surface area contributed by atoms with Crippen LogP contribution in [-0.2, 0) is 16.2 Å². The van der Waals surface area contributed by atoms with Crippen LogP contribution in [0, 0.1) is 5.82 Å². The van der Waals surface area contributed by atoms with Gasteiger partial charge in [-0.25, -0.2) is 9.18 Å². The van der Waals surface area contributed by atoms with Crippen molar-refractivity contribution in [2.45, 2.75) is 11.4 Å². The van der Waals surface area contributed by atoms with E-state index < -0.39 is 16.7 Å². The SMILES string of the molecule is O=C(Nc1ccccc1F)N1CCS[C@@]12C(=O)N(Cc1ccccc1Cl)c1ccccc12. The van der Waals surface area contributed by atoms with E-state index in [1.54, 1.807) is 23.1 Å². The van der Waals surface area contributed by atoms with Crippen LogP contribution >= 0.6 is 23.4 Å². The summed E-state index contributed by atoms with van der Waals surface area (Å²) in [5.41, 5.74) is 2.40. The molecule has 2 aliphatic heterocycles. The Balaban J connectivity index is 1.53. The van der Waals surface area contributed by atoms with Gasteiger partial charge >= 0.3 is 6.03 Å². The van der Waals surface area contributed by atoms with Gasteiger partial charge < -0.3 is 10.2 Å². The van der Waals surface area contributed by atoms with Gasteiger partial charge in [-0.15, -0.1) is 11.8 Å². The molecule has 1 fully saturated rings. The van der Waals surface area contributed by atoms with Crippen LogP contribution in [-0.4, -0.2) is 29.1 Å². The van der Waals surface area contributed by atoms with Crippen molar-refractivity contribution in [3.63, 3.8) is 0 Å². The first-order valence-electron chi connectivity index (χ1n) is 10.1. The first-order valence-corrected chi connectivity index (χ1v) is 11.5. The number of halogens is 2. The van der Waals surface area contributed by atoms with E-state index in [-0.39, 0.29) is 11.6 Å². The van der Waals surface area contributed by atoms with Crippen LogP contribution in [0.4, 0.5) is 20.6 Å². The number of nitrogens with one attached hydrogen (secondary N) is 1. The molecular weight excluding hydrogens is 449 g/mol. The molecule has 5 nitrogen and oxygen atoms in total. The molecule has 3 aromatic rings. The third-order valence-corrected chi connectivity index (χ3v) is 7.54. The van der Waals surface area contributed by atoms with Crippen LogP contribution in [0.1, 0.15) is 11.1 Å². The quantitative estimate of drug-likeness (QED) is 0.556. The molecule has 2 heterocycles. The number of carbonyl (C=O) groups excluding carboxylic acids is 2. The number of para-hydroxylation sites is 2. The van der Waals surface area contributed by atoms with Gasteiger partial charge in [0.25, 0.3) is 5.91 Å². The molecule has 8 heteroatoms. The third kappa shape index (κ3) is 3.24. The van der Waals surface area contributed by atoms with Gasteiger partial charge in [-0.1, -0.05) is 60.1 Å². The molecule has 0 aliphatic carbocycles. The van der Waals surface area contributed by atoms with E-state index in [9.17, 15) is 14.0 Å². The van der Waals surface area contributed by atoms with Crippen LogP contribution in [0.15, 0.2) is 72.8 Å². The van der Waals surface area contributed by atoms with E-state index in [2.05, 4.69) is 5.32 Å². The summed E-state index contributed by atoms with van der Waals surface area (Å²) in [4.78, 5) is 29.1. The molecular formula is C24H19ClFN3O2S. The molecule has 5 rings (SSSR count). The number of hydrogen-bond acceptors (Lipinski definition) is 3. The van der Waals surface area contributed by atoms with E-state index in [1.807, 2.05) is 42.5 Å². The monoisotopic (exact) mass is 467 g/mol. The second-order valence-electron chi connectivity index (χ2n) is 7.55. The lowest BCUT2D eigenvalue weighted by molar-refractivity contribution is -0.123. The topological polar surface area (TPSA) is 52.7 Å². The van der Waals surface area contributed by atoms with Crippen molar-refractivity contribution in [3.05, 3.63) is 94.8 Å². The van der Waals surface area contributed by atoms with Crippen molar-refractivity contribution >= 4 is 46.7 Å². The van der Waals surface area contributed by atoms with E-state index in [4.69, 9.17) is 11.6 Å². The molecule has 2 aliphatic rings. The highest BCUT2D eigenvalue weighted by molar-refractivity contribution is 8.01. The van der Waals surface area contributed by atoms with Gasteiger partial charge in [-0.2, -0.15) is 0 Å². The van der Waals surface area contributed by atoms with Gasteiger partial charge in [0, 0.05) is 22.9 Å². The van der Waals surface area contributed by atoms with Crippen LogP contribution in [0.25, 0.3) is 0 Å². The van der Waals surface area contributed by atoms with Crippen LogP contribution < -0.4 is 10.2 Å². The molecule has 0 saturated carbocycles. The van der Waals surface area contributed by atoms with Crippen molar-refractivity contribution in [1.29, 1.82) is 0 Å². The summed E-state index contributed by atoms with van der Waals surface area (Å²) in [7, 11) is 0. The third-order valence-electron chi connectivity index (χ3n) is 5.75. The normalized spacial score (nSPS) is 19.5. The molecule has 1 spiro atoms. The first kappa shape index (κ1) is 20.8. The summed E-state index contributed by atoms with van der Waals surface area (Å²) in [5, 5.41) is 3.21. The van der Waals surface area contributed by atoms with Gasteiger partial charge in [0.2, 0.25) is 0 Å². The zero-order valence-electron chi connectivity index (χ0n) is 16.9. The summed E-state index contributed by atoms with van der Waals surface area (Å²) in [6, 6.07) is 20.3. The summed E-state index contributed by atoms with van der Waals surface area (Å²) in [5.74, 6) is -0.143. The predicted octanol–water partition coefficient (Wildman–Crippen LogP) is 5.46. The average molecular weight is 468 g/mol. The molecule has 0 unspecified atom stereocenters. The van der Waals surface area contributed by atoms with E-state index in [0.29, 0.717) is 23.9 Å². The van der Waals surface area contributed by atoms with E-state index >= 15 is 0 Å². The Labute approximate surface area is 194 Å². The maximum Gasteiger partial charge on any atom is 0.323 e. The van der Waals surface area contributed by atoms with Crippen LogP contribution in [0.2, 0.25) is 5.02 Å². The van der Waals surface area contributed by atoms with Gasteiger partial charge in [0.05, 0.1) is 17.9 Å². The van der Waals surface area contributed by atoms with E-state index in [1.165, 1.54) is 28.8 Å². The van der Waals surface area contributed by atoms with Crippen molar-refractivity contribution in [1.82, 2.24) is 4.90 Å². The molecule has 0 aromatic heterocycles. The number of hydrogen-bond donors (Lipinski definition) is 1. The Bertz CT molecular complexity index is 1220. The molecule has 32 heavy (non-hydrogen) atoms. The Hall–Kier alpha value is -3.03. The van der Waals surface area contributed by atoms with Crippen molar-refractivity contribution < 1.29 is 14.0 Å².